The van der Waals surface area contributed by atoms with Crippen molar-refractivity contribution in [3.05, 3.63) is 135 Å². The number of carbonyl (C=O) groups is 1. The molecule has 0 fully saturated rings. The number of nitriles is 1. The number of rotatable bonds is 8. The molecule has 0 amide bonds. The van der Waals surface area contributed by atoms with Crippen molar-refractivity contribution in [2.24, 2.45) is 5.73 Å². The number of hydrogen-bond donors (Lipinski definition) is 1. The van der Waals surface area contributed by atoms with Crippen LogP contribution in [0.3, 0.4) is 0 Å². The highest BCUT2D eigenvalue weighted by atomic mass is 16.6. The Morgan fingerprint density at radius 3 is 2.56 bits per heavy atom. The molecule has 1 aliphatic heterocycles. The first-order valence-electron chi connectivity index (χ1n) is 12.4. The number of allylic oxidation sites excluding steroid dienone is 1. The Kier molecular flexibility index (Phi) is 7.52. The lowest BCUT2D eigenvalue weighted by Crippen LogP contribution is -2.21. The number of ether oxygens (including phenoxy) is 4. The largest absolute Gasteiger partial charge is 0.493 e. The van der Waals surface area contributed by atoms with Gasteiger partial charge in [0.25, 0.3) is 5.69 Å². The predicted molar refractivity (Wildman–Crippen MR) is 148 cm³/mol. The lowest BCUT2D eigenvalue weighted by Gasteiger charge is -2.27. The number of nitrogens with two attached hydrogens (primary N) is 1. The van der Waals surface area contributed by atoms with Crippen molar-refractivity contribution < 1.29 is 28.7 Å². The average Bonchev–Trinajstić information content (AvgIpc) is 2.99. The molecule has 0 aliphatic carbocycles. The monoisotopic (exact) mass is 549 g/mol. The van der Waals surface area contributed by atoms with E-state index >= 15 is 0 Å². The Balaban J connectivity index is 1.43. The normalized spacial score (nSPS) is 13.8. The van der Waals surface area contributed by atoms with Gasteiger partial charge >= 0.3 is 5.97 Å². The van der Waals surface area contributed by atoms with Crippen LogP contribution in [0.4, 0.5) is 5.69 Å². The first kappa shape index (κ1) is 26.8. The topological polar surface area (TPSA) is 147 Å². The number of nitro groups is 1. The van der Waals surface area contributed by atoms with Crippen LogP contribution in [0.1, 0.15) is 33.0 Å². The molecule has 0 saturated heterocycles. The van der Waals surface area contributed by atoms with Gasteiger partial charge in [0.05, 0.1) is 23.5 Å². The summed E-state index contributed by atoms with van der Waals surface area (Å²) in [7, 11) is 1.53. The van der Waals surface area contributed by atoms with Crippen LogP contribution >= 0.6 is 0 Å². The minimum Gasteiger partial charge on any atom is -0.493 e. The second kappa shape index (κ2) is 11.5. The molecule has 0 spiro atoms. The summed E-state index contributed by atoms with van der Waals surface area (Å²) in [6.07, 6.45) is 0. The highest BCUT2D eigenvalue weighted by molar-refractivity contribution is 5.91. The fourth-order valence-corrected chi connectivity index (χ4v) is 4.47. The van der Waals surface area contributed by atoms with E-state index in [0.29, 0.717) is 35.0 Å². The summed E-state index contributed by atoms with van der Waals surface area (Å²) < 4.78 is 22.7. The average molecular weight is 550 g/mol. The molecule has 0 bridgehead atoms. The summed E-state index contributed by atoms with van der Waals surface area (Å²) >= 11 is 0. The van der Waals surface area contributed by atoms with Gasteiger partial charge < -0.3 is 24.7 Å². The van der Waals surface area contributed by atoms with Crippen LogP contribution < -0.4 is 24.7 Å². The quantitative estimate of drug-likeness (QED) is 0.128. The van der Waals surface area contributed by atoms with Crippen molar-refractivity contribution in [3.8, 4) is 29.1 Å². The van der Waals surface area contributed by atoms with E-state index in [4.69, 9.17) is 24.7 Å². The summed E-state index contributed by atoms with van der Waals surface area (Å²) in [5, 5.41) is 21.0. The molecule has 5 rings (SSSR count). The molecule has 4 aromatic carbocycles. The maximum absolute atomic E-state index is 12.7. The van der Waals surface area contributed by atoms with Crippen LogP contribution in [0.2, 0.25) is 0 Å². The van der Waals surface area contributed by atoms with Crippen molar-refractivity contribution in [3.63, 3.8) is 0 Å². The summed E-state index contributed by atoms with van der Waals surface area (Å²) in [5.41, 5.74) is 8.46. The van der Waals surface area contributed by atoms with E-state index in [0.717, 1.165) is 11.6 Å². The van der Waals surface area contributed by atoms with Crippen LogP contribution in [0.25, 0.3) is 0 Å². The predicted octanol–water partition coefficient (Wildman–Crippen LogP) is 5.62. The number of nitro benzene ring substituents is 1. The Bertz CT molecular complexity index is 1710. The number of benzene rings is 4. The number of nitrogens with zero attached hydrogens (tertiary/aromatic N) is 2. The zero-order chi connectivity index (χ0) is 28.9. The van der Waals surface area contributed by atoms with E-state index in [-0.39, 0.29) is 28.5 Å². The van der Waals surface area contributed by atoms with Gasteiger partial charge in [-0.2, -0.15) is 5.26 Å². The maximum Gasteiger partial charge on any atom is 0.343 e. The van der Waals surface area contributed by atoms with Gasteiger partial charge in [-0.15, -0.1) is 0 Å². The number of hydrogen-bond acceptors (Lipinski definition) is 9. The van der Waals surface area contributed by atoms with E-state index in [1.807, 2.05) is 36.4 Å². The first-order valence-corrected chi connectivity index (χ1v) is 12.4. The minimum absolute atomic E-state index is 0.0172. The molecule has 1 aliphatic rings. The van der Waals surface area contributed by atoms with Crippen LogP contribution in [0.5, 0.6) is 23.0 Å². The first-order chi connectivity index (χ1) is 19.9. The summed E-state index contributed by atoms with van der Waals surface area (Å²) in [6, 6.07) is 27.2. The molecule has 1 unspecified atom stereocenters. The molecule has 0 radical (unpaired) electrons. The summed E-state index contributed by atoms with van der Waals surface area (Å²) in [6.45, 7) is 0.352. The zero-order valence-electron chi connectivity index (χ0n) is 21.8. The summed E-state index contributed by atoms with van der Waals surface area (Å²) in [4.78, 5) is 23.1. The molecule has 4 aromatic rings. The number of carbonyl (C=O) groups excluding carboxylic acids is 1. The number of fused-ring (bicyclic) bond motifs is 1. The van der Waals surface area contributed by atoms with Gasteiger partial charge in [0.1, 0.15) is 29.7 Å². The third-order valence-electron chi connectivity index (χ3n) is 6.45. The van der Waals surface area contributed by atoms with Crippen LogP contribution in [0.15, 0.2) is 102 Å². The zero-order valence-corrected chi connectivity index (χ0v) is 21.8. The minimum atomic E-state index is -0.780. The lowest BCUT2D eigenvalue weighted by atomic mass is 9.83. The van der Waals surface area contributed by atoms with Crippen LogP contribution in [-0.2, 0) is 6.61 Å². The Morgan fingerprint density at radius 1 is 1.02 bits per heavy atom. The Hall–Kier alpha value is -5.82. The van der Waals surface area contributed by atoms with Crippen molar-refractivity contribution in [2.45, 2.75) is 12.5 Å². The molecule has 1 heterocycles. The van der Waals surface area contributed by atoms with Gasteiger partial charge in [0.2, 0.25) is 5.88 Å². The third-order valence-corrected chi connectivity index (χ3v) is 6.45. The molecular formula is C31H23N3O7. The fraction of sp³-hybridized carbons (Fsp3) is 0.0968. The third kappa shape index (κ3) is 5.65. The highest BCUT2D eigenvalue weighted by Crippen LogP contribution is 2.45. The van der Waals surface area contributed by atoms with E-state index in [1.54, 1.807) is 24.3 Å². The SMILES string of the molecule is COc1cc(C2C(C#N)=C(N)Oc3cc(OC(=O)c4cccc([N+](=O)[O-])c4)ccc32)ccc1OCc1ccccc1. The van der Waals surface area contributed by atoms with Gasteiger partial charge in [-0.05, 0) is 35.4 Å². The van der Waals surface area contributed by atoms with Crippen LogP contribution in [0, 0.1) is 21.4 Å². The molecule has 204 valence electrons. The van der Waals surface area contributed by atoms with Crippen molar-refractivity contribution in [1.29, 1.82) is 5.26 Å². The van der Waals surface area contributed by atoms with Gasteiger partial charge in [0.15, 0.2) is 11.5 Å². The second-order valence-corrected chi connectivity index (χ2v) is 9.01. The standard InChI is InChI=1S/C31H23N3O7/c1-38-28-15-20(10-13-26(28)39-18-19-6-3-2-4-7-19)29-24-12-11-23(16-27(24)41-30(33)25(29)17-32)40-31(35)21-8-5-9-22(14-21)34(36)37/h2-16,29H,18,33H2,1H3. The highest BCUT2D eigenvalue weighted by Gasteiger charge is 2.32. The molecule has 0 saturated carbocycles. The maximum atomic E-state index is 12.7. The van der Waals surface area contributed by atoms with Crippen molar-refractivity contribution in [1.82, 2.24) is 0 Å². The lowest BCUT2D eigenvalue weighted by molar-refractivity contribution is -0.384. The molecule has 10 heteroatoms. The molecule has 0 aromatic heterocycles. The van der Waals surface area contributed by atoms with E-state index < -0.39 is 16.8 Å². The van der Waals surface area contributed by atoms with Crippen molar-refractivity contribution >= 4 is 11.7 Å². The van der Waals surface area contributed by atoms with Crippen LogP contribution in [-0.4, -0.2) is 18.0 Å². The number of non-ortho nitro benzene ring substituents is 1. The molecule has 2 N–H and O–H groups in total. The molecular weight excluding hydrogens is 526 g/mol. The molecule has 10 nitrogen and oxygen atoms in total. The summed E-state index contributed by atoms with van der Waals surface area (Å²) in [5.74, 6) is -0.0271. The second-order valence-electron chi connectivity index (χ2n) is 9.01. The molecule has 41 heavy (non-hydrogen) atoms. The van der Waals surface area contributed by atoms with Crippen molar-refractivity contribution in [2.75, 3.05) is 7.11 Å². The van der Waals surface area contributed by atoms with Gasteiger partial charge in [-0.25, -0.2) is 4.79 Å². The van der Waals surface area contributed by atoms with Gasteiger partial charge in [-0.1, -0.05) is 48.5 Å². The van der Waals surface area contributed by atoms with Gasteiger partial charge in [0, 0.05) is 23.8 Å². The Labute approximate surface area is 234 Å². The van der Waals surface area contributed by atoms with E-state index in [2.05, 4.69) is 6.07 Å². The number of methoxy groups -OCH3 is 1. The van der Waals surface area contributed by atoms with Gasteiger partial charge in [-0.3, -0.25) is 10.1 Å². The Morgan fingerprint density at radius 2 is 1.83 bits per heavy atom. The van der Waals surface area contributed by atoms with E-state index in [1.165, 1.54) is 31.4 Å². The van der Waals surface area contributed by atoms with E-state index in [9.17, 15) is 20.2 Å². The molecule has 1 atom stereocenters. The smallest absolute Gasteiger partial charge is 0.343 e. The fourth-order valence-electron chi connectivity index (χ4n) is 4.47. The number of esters is 1.